The third-order valence-electron chi connectivity index (χ3n) is 3.32. The molecule has 0 aromatic heterocycles. The highest BCUT2D eigenvalue weighted by Gasteiger charge is 2.24. The molecule has 1 aromatic carbocycles. The van der Waals surface area contributed by atoms with Gasteiger partial charge in [-0.25, -0.2) is 13.2 Å². The molecule has 20 heavy (non-hydrogen) atoms. The Morgan fingerprint density at radius 2 is 2.00 bits per heavy atom. The minimum absolute atomic E-state index is 0.00536. The molecular weight excluding hydrogens is 304 g/mol. The van der Waals surface area contributed by atoms with Crippen molar-refractivity contribution in [1.82, 2.24) is 0 Å². The minimum atomic E-state index is -3.51. The molecule has 0 amide bonds. The SMILES string of the molecule is O=C(O)c1cc(S(=O)(=O)CC2CCOCC2)ccc1Cl. The smallest absolute Gasteiger partial charge is 0.337 e. The lowest BCUT2D eigenvalue weighted by atomic mass is 10.0. The standard InChI is InChI=1S/C13H15ClO5S/c14-12-2-1-10(7-11(12)13(15)16)20(17,18)8-9-3-5-19-6-4-9/h1-2,7,9H,3-6,8H2,(H,15,16). The Labute approximate surface area is 122 Å². The summed E-state index contributed by atoms with van der Waals surface area (Å²) in [7, 11) is -3.51. The predicted molar refractivity (Wildman–Crippen MR) is 74.0 cm³/mol. The molecule has 0 bridgehead atoms. The van der Waals surface area contributed by atoms with Gasteiger partial charge in [-0.3, -0.25) is 0 Å². The first kappa shape index (κ1) is 15.3. The van der Waals surface area contributed by atoms with Crippen LogP contribution in [0.5, 0.6) is 0 Å². The van der Waals surface area contributed by atoms with Gasteiger partial charge in [0.1, 0.15) is 0 Å². The second-order valence-corrected chi connectivity index (χ2v) is 7.23. The van der Waals surface area contributed by atoms with Gasteiger partial charge in [0, 0.05) is 13.2 Å². The monoisotopic (exact) mass is 318 g/mol. The van der Waals surface area contributed by atoms with Gasteiger partial charge in [-0.05, 0) is 37.0 Å². The molecule has 1 saturated heterocycles. The van der Waals surface area contributed by atoms with Gasteiger partial charge in [-0.1, -0.05) is 11.6 Å². The minimum Gasteiger partial charge on any atom is -0.478 e. The van der Waals surface area contributed by atoms with Gasteiger partial charge in [0.05, 0.1) is 21.2 Å². The van der Waals surface area contributed by atoms with Gasteiger partial charge in [0.25, 0.3) is 0 Å². The zero-order valence-corrected chi connectivity index (χ0v) is 12.3. The summed E-state index contributed by atoms with van der Waals surface area (Å²) in [6.07, 6.45) is 1.41. The van der Waals surface area contributed by atoms with E-state index in [1.165, 1.54) is 12.1 Å². The topological polar surface area (TPSA) is 80.7 Å². The molecule has 5 nitrogen and oxygen atoms in total. The van der Waals surface area contributed by atoms with E-state index in [0.717, 1.165) is 6.07 Å². The first-order chi connectivity index (χ1) is 9.40. The van der Waals surface area contributed by atoms with Crippen molar-refractivity contribution in [1.29, 1.82) is 0 Å². The van der Waals surface area contributed by atoms with E-state index >= 15 is 0 Å². The van der Waals surface area contributed by atoms with Crippen molar-refractivity contribution in [2.45, 2.75) is 17.7 Å². The molecule has 1 fully saturated rings. The van der Waals surface area contributed by atoms with E-state index in [0.29, 0.717) is 26.1 Å². The number of rotatable bonds is 4. The van der Waals surface area contributed by atoms with Crippen LogP contribution in [-0.4, -0.2) is 38.5 Å². The van der Waals surface area contributed by atoms with Crippen LogP contribution in [0, 0.1) is 5.92 Å². The molecule has 1 aliphatic rings. The van der Waals surface area contributed by atoms with E-state index in [4.69, 9.17) is 21.4 Å². The van der Waals surface area contributed by atoms with Gasteiger partial charge < -0.3 is 9.84 Å². The first-order valence-electron chi connectivity index (χ1n) is 6.23. The summed E-state index contributed by atoms with van der Waals surface area (Å²) >= 11 is 5.74. The molecule has 110 valence electrons. The van der Waals surface area contributed by atoms with E-state index in [1.54, 1.807) is 0 Å². The molecule has 0 atom stereocenters. The number of carbonyl (C=O) groups is 1. The summed E-state index contributed by atoms with van der Waals surface area (Å²) in [5.41, 5.74) is -0.195. The van der Waals surface area contributed by atoms with Crippen molar-refractivity contribution in [3.63, 3.8) is 0 Å². The average Bonchev–Trinajstić information content (AvgIpc) is 2.39. The molecule has 2 rings (SSSR count). The van der Waals surface area contributed by atoms with Gasteiger partial charge in [-0.2, -0.15) is 0 Å². The molecule has 0 unspecified atom stereocenters. The summed E-state index contributed by atoms with van der Waals surface area (Å²) in [6, 6.07) is 3.78. The van der Waals surface area contributed by atoms with Crippen LogP contribution in [0.2, 0.25) is 5.02 Å². The molecule has 7 heteroatoms. The Hall–Kier alpha value is -1.11. The molecule has 1 heterocycles. The summed E-state index contributed by atoms with van der Waals surface area (Å²) < 4.78 is 29.8. The fourth-order valence-electron chi connectivity index (χ4n) is 2.18. The third kappa shape index (κ3) is 3.50. The van der Waals surface area contributed by atoms with Gasteiger partial charge in [0.15, 0.2) is 9.84 Å². The predicted octanol–water partition coefficient (Wildman–Crippen LogP) is 2.24. The number of hydrogen-bond donors (Lipinski definition) is 1. The normalized spacial score (nSPS) is 17.1. The number of hydrogen-bond acceptors (Lipinski definition) is 4. The Kier molecular flexibility index (Phi) is 4.67. The van der Waals surface area contributed by atoms with Crippen LogP contribution in [0.15, 0.2) is 23.1 Å². The average molecular weight is 319 g/mol. The lowest BCUT2D eigenvalue weighted by molar-refractivity contribution is 0.0696. The van der Waals surface area contributed by atoms with Crippen molar-refractivity contribution in [3.8, 4) is 0 Å². The Morgan fingerprint density at radius 1 is 1.35 bits per heavy atom. The number of benzene rings is 1. The molecular formula is C13H15ClO5S. The lowest BCUT2D eigenvalue weighted by Crippen LogP contribution is -2.23. The molecule has 1 aromatic rings. The van der Waals surface area contributed by atoms with Crippen LogP contribution in [0.4, 0.5) is 0 Å². The fourth-order valence-corrected chi connectivity index (χ4v) is 4.10. The summed E-state index contributed by atoms with van der Waals surface area (Å²) in [4.78, 5) is 11.0. The van der Waals surface area contributed by atoms with E-state index in [-0.39, 0.29) is 27.2 Å². The largest absolute Gasteiger partial charge is 0.478 e. The van der Waals surface area contributed by atoms with Crippen LogP contribution in [0.1, 0.15) is 23.2 Å². The van der Waals surface area contributed by atoms with Gasteiger partial charge >= 0.3 is 5.97 Å². The Morgan fingerprint density at radius 3 is 2.60 bits per heavy atom. The van der Waals surface area contributed by atoms with Gasteiger partial charge in [0.2, 0.25) is 0 Å². The number of ether oxygens (including phenoxy) is 1. The van der Waals surface area contributed by atoms with E-state index < -0.39 is 15.8 Å². The molecule has 0 aliphatic carbocycles. The van der Waals surface area contributed by atoms with Crippen molar-refractivity contribution < 1.29 is 23.1 Å². The summed E-state index contributed by atoms with van der Waals surface area (Å²) in [5, 5.41) is 9.01. The second-order valence-electron chi connectivity index (χ2n) is 4.78. The second kappa shape index (κ2) is 6.11. The van der Waals surface area contributed by atoms with Crippen molar-refractivity contribution in [2.75, 3.05) is 19.0 Å². The number of aromatic carboxylic acids is 1. The Bertz CT molecular complexity index is 605. The molecule has 1 N–H and O–H groups in total. The van der Waals surface area contributed by atoms with E-state index in [2.05, 4.69) is 0 Å². The summed E-state index contributed by atoms with van der Waals surface area (Å²) in [6.45, 7) is 1.14. The summed E-state index contributed by atoms with van der Waals surface area (Å²) in [5.74, 6) is -1.17. The fraction of sp³-hybridized carbons (Fsp3) is 0.462. The number of sulfone groups is 1. The number of carboxylic acids is 1. The van der Waals surface area contributed by atoms with Crippen molar-refractivity contribution in [3.05, 3.63) is 28.8 Å². The van der Waals surface area contributed by atoms with Crippen molar-refractivity contribution in [2.24, 2.45) is 5.92 Å². The van der Waals surface area contributed by atoms with Crippen LogP contribution >= 0.6 is 11.6 Å². The Balaban J connectivity index is 2.24. The van der Waals surface area contributed by atoms with E-state index in [9.17, 15) is 13.2 Å². The van der Waals surface area contributed by atoms with Crippen LogP contribution in [-0.2, 0) is 14.6 Å². The molecule has 0 radical (unpaired) electrons. The molecule has 0 spiro atoms. The highest BCUT2D eigenvalue weighted by atomic mass is 35.5. The lowest BCUT2D eigenvalue weighted by Gasteiger charge is -2.21. The quantitative estimate of drug-likeness (QED) is 0.920. The van der Waals surface area contributed by atoms with Crippen LogP contribution < -0.4 is 0 Å². The highest BCUT2D eigenvalue weighted by molar-refractivity contribution is 7.91. The molecule has 0 saturated carbocycles. The van der Waals surface area contributed by atoms with Crippen LogP contribution in [0.3, 0.4) is 0 Å². The maximum Gasteiger partial charge on any atom is 0.337 e. The van der Waals surface area contributed by atoms with Crippen LogP contribution in [0.25, 0.3) is 0 Å². The zero-order chi connectivity index (χ0) is 14.8. The molecule has 1 aliphatic heterocycles. The maximum absolute atomic E-state index is 12.3. The first-order valence-corrected chi connectivity index (χ1v) is 8.26. The zero-order valence-electron chi connectivity index (χ0n) is 10.7. The van der Waals surface area contributed by atoms with Crippen molar-refractivity contribution >= 4 is 27.4 Å². The highest BCUT2D eigenvalue weighted by Crippen LogP contribution is 2.25. The number of halogens is 1. The van der Waals surface area contributed by atoms with E-state index in [1.807, 2.05) is 0 Å². The number of carboxylic acid groups (broad SMARTS) is 1. The van der Waals surface area contributed by atoms with Gasteiger partial charge in [-0.15, -0.1) is 0 Å². The third-order valence-corrected chi connectivity index (χ3v) is 5.54. The maximum atomic E-state index is 12.3.